The quantitative estimate of drug-likeness (QED) is 0.147. The summed E-state index contributed by atoms with van der Waals surface area (Å²) >= 11 is 0. The Morgan fingerprint density at radius 3 is 2.00 bits per heavy atom. The number of H-pyrrole nitrogens is 1. The van der Waals surface area contributed by atoms with Gasteiger partial charge in [-0.2, -0.15) is 0 Å². The van der Waals surface area contributed by atoms with Gasteiger partial charge in [0.2, 0.25) is 5.91 Å². The van der Waals surface area contributed by atoms with Gasteiger partial charge in [0.05, 0.1) is 38.3 Å². The van der Waals surface area contributed by atoms with Gasteiger partial charge in [-0.25, -0.2) is 14.6 Å². The first-order chi connectivity index (χ1) is 30.3. The highest BCUT2D eigenvalue weighted by Crippen LogP contribution is 2.36. The maximum Gasteiger partial charge on any atom is 0.407 e. The van der Waals surface area contributed by atoms with Crippen LogP contribution in [-0.2, 0) is 23.9 Å². The van der Waals surface area contributed by atoms with Crippen LogP contribution in [-0.4, -0.2) is 113 Å². The van der Waals surface area contributed by atoms with Crippen LogP contribution >= 0.6 is 0 Å². The van der Waals surface area contributed by atoms with Crippen molar-refractivity contribution in [1.29, 1.82) is 0 Å². The second-order valence-corrected chi connectivity index (χ2v) is 16.6. The minimum absolute atomic E-state index is 0.0196. The number of nitrogens with zero attached hydrogens (tertiary/aromatic N) is 4. The Hall–Kier alpha value is -6.22. The van der Waals surface area contributed by atoms with E-state index in [9.17, 15) is 24.0 Å². The Morgan fingerprint density at radius 2 is 1.34 bits per heavy atom. The number of likely N-dealkylation sites (tertiary alicyclic amines) is 2. The predicted octanol–water partition coefficient (Wildman–Crippen LogP) is 5.75. The lowest BCUT2D eigenvalue weighted by Gasteiger charge is -2.33. The van der Waals surface area contributed by atoms with Crippen LogP contribution in [0.5, 0.6) is 0 Å². The molecular weight excluding hydrogens is 789 g/mol. The highest BCUT2D eigenvalue weighted by atomic mass is 16.5. The number of urea groups is 1. The van der Waals surface area contributed by atoms with Crippen molar-refractivity contribution in [2.24, 2.45) is 0 Å². The first-order valence-electron chi connectivity index (χ1n) is 21.9. The third-order valence-electron chi connectivity index (χ3n) is 12.8. The molecule has 8 rings (SSSR count). The maximum atomic E-state index is 14.1. The van der Waals surface area contributed by atoms with Gasteiger partial charge in [-0.15, -0.1) is 0 Å². The van der Waals surface area contributed by atoms with Gasteiger partial charge in [-0.05, 0) is 79.5 Å². The fourth-order valence-corrected chi connectivity index (χ4v) is 9.43. The number of nitrogens with one attached hydrogen (secondary N) is 4. The first-order valence-corrected chi connectivity index (χ1v) is 21.9. The van der Waals surface area contributed by atoms with E-state index >= 15 is 0 Å². The molecular formula is C47H56N8O7. The molecule has 62 heavy (non-hydrogen) atoms. The average molecular weight is 845 g/mol. The van der Waals surface area contributed by atoms with Crippen molar-refractivity contribution in [3.63, 3.8) is 0 Å². The van der Waals surface area contributed by atoms with Crippen LogP contribution in [0.1, 0.15) is 97.9 Å². The molecule has 4 unspecified atom stereocenters. The second kappa shape index (κ2) is 19.7. The first kappa shape index (κ1) is 42.5. The SMILES string of the molecule is COC(=O)NC(C(=O)N1CCCC1c1ncc(-c2ccc(C3CCC(NC(=O)C4CCCN4C(=O)C(NC(=O)N4CCOCC4)c4ccccc4)CC3)cc2)[nH]1)c1ccccc1. The lowest BCUT2D eigenvalue weighted by molar-refractivity contribution is -0.140. The lowest BCUT2D eigenvalue weighted by atomic mass is 9.81. The van der Waals surface area contributed by atoms with E-state index in [0.717, 1.165) is 56.2 Å². The number of carbonyl (C=O) groups is 5. The molecule has 4 fully saturated rings. The Bertz CT molecular complexity index is 2170. The number of ether oxygens (including phenoxy) is 2. The molecule has 0 radical (unpaired) electrons. The zero-order valence-electron chi connectivity index (χ0n) is 35.2. The molecule has 326 valence electrons. The number of morpholine rings is 1. The minimum atomic E-state index is -0.901. The number of rotatable bonds is 11. The fraction of sp³-hybridized carbons (Fsp3) is 0.447. The summed E-state index contributed by atoms with van der Waals surface area (Å²) in [4.78, 5) is 80.6. The van der Waals surface area contributed by atoms with Crippen molar-refractivity contribution in [3.05, 3.63) is 114 Å². The van der Waals surface area contributed by atoms with Crippen LogP contribution < -0.4 is 16.0 Å². The number of aromatic nitrogens is 2. The number of carbonyl (C=O) groups excluding carboxylic acids is 5. The van der Waals surface area contributed by atoms with Crippen molar-refractivity contribution in [2.45, 2.75) is 87.5 Å². The number of aromatic amines is 1. The largest absolute Gasteiger partial charge is 0.453 e. The van der Waals surface area contributed by atoms with Crippen LogP contribution in [0, 0.1) is 0 Å². The van der Waals surface area contributed by atoms with E-state index in [1.165, 1.54) is 12.7 Å². The van der Waals surface area contributed by atoms with E-state index in [4.69, 9.17) is 14.5 Å². The molecule has 4 aliphatic rings. The summed E-state index contributed by atoms with van der Waals surface area (Å²) in [5, 5.41) is 8.96. The zero-order valence-corrected chi connectivity index (χ0v) is 35.2. The molecule has 6 amide bonds. The summed E-state index contributed by atoms with van der Waals surface area (Å²) in [5.41, 5.74) is 4.45. The van der Waals surface area contributed by atoms with Crippen molar-refractivity contribution in [1.82, 2.24) is 40.6 Å². The van der Waals surface area contributed by atoms with Crippen LogP contribution in [0.2, 0.25) is 0 Å². The molecule has 15 heteroatoms. The summed E-state index contributed by atoms with van der Waals surface area (Å²) in [7, 11) is 1.28. The number of hydrogen-bond acceptors (Lipinski definition) is 8. The molecule has 3 saturated heterocycles. The van der Waals surface area contributed by atoms with Crippen LogP contribution in [0.4, 0.5) is 9.59 Å². The van der Waals surface area contributed by atoms with Gasteiger partial charge < -0.3 is 45.1 Å². The summed E-state index contributed by atoms with van der Waals surface area (Å²) in [6, 6.07) is 24.0. The number of imidazole rings is 1. The van der Waals surface area contributed by atoms with Gasteiger partial charge in [0, 0.05) is 32.2 Å². The van der Waals surface area contributed by atoms with Crippen LogP contribution in [0.3, 0.4) is 0 Å². The molecule has 3 aliphatic heterocycles. The molecule has 1 saturated carbocycles. The van der Waals surface area contributed by atoms with Gasteiger partial charge in [-0.3, -0.25) is 14.4 Å². The smallest absolute Gasteiger partial charge is 0.407 e. The summed E-state index contributed by atoms with van der Waals surface area (Å²) in [6.45, 7) is 2.84. The second-order valence-electron chi connectivity index (χ2n) is 16.6. The van der Waals surface area contributed by atoms with E-state index in [1.807, 2.05) is 66.9 Å². The monoisotopic (exact) mass is 844 g/mol. The number of amides is 6. The topological polar surface area (TPSA) is 178 Å². The van der Waals surface area contributed by atoms with Crippen LogP contribution in [0.15, 0.2) is 91.1 Å². The number of benzene rings is 3. The lowest BCUT2D eigenvalue weighted by Crippen LogP contribution is -2.54. The molecule has 4 heterocycles. The van der Waals surface area contributed by atoms with E-state index in [0.29, 0.717) is 68.7 Å². The third-order valence-corrected chi connectivity index (χ3v) is 12.8. The third kappa shape index (κ3) is 9.62. The highest BCUT2D eigenvalue weighted by Gasteiger charge is 2.40. The molecule has 4 aromatic rings. The molecule has 0 spiro atoms. The van der Waals surface area contributed by atoms with Crippen molar-refractivity contribution in [3.8, 4) is 11.3 Å². The molecule has 15 nitrogen and oxygen atoms in total. The van der Waals surface area contributed by atoms with Gasteiger partial charge in [0.1, 0.15) is 23.9 Å². The Morgan fingerprint density at radius 1 is 0.726 bits per heavy atom. The highest BCUT2D eigenvalue weighted by molar-refractivity contribution is 5.93. The molecule has 4 atom stereocenters. The van der Waals surface area contributed by atoms with E-state index in [-0.39, 0.29) is 35.8 Å². The van der Waals surface area contributed by atoms with Crippen molar-refractivity contribution >= 4 is 29.8 Å². The van der Waals surface area contributed by atoms with Gasteiger partial charge in [0.15, 0.2) is 0 Å². The average Bonchev–Trinajstić information content (AvgIpc) is 4.13. The molecule has 3 aromatic carbocycles. The normalized spacial score (nSPS) is 22.4. The van der Waals surface area contributed by atoms with E-state index in [2.05, 4.69) is 45.2 Å². The molecule has 1 aliphatic carbocycles. The molecule has 1 aromatic heterocycles. The molecule has 0 bridgehead atoms. The number of alkyl carbamates (subject to hydrolysis) is 1. The van der Waals surface area contributed by atoms with E-state index in [1.54, 1.807) is 14.7 Å². The van der Waals surface area contributed by atoms with Crippen molar-refractivity contribution < 1.29 is 33.4 Å². The van der Waals surface area contributed by atoms with Gasteiger partial charge in [-0.1, -0.05) is 84.9 Å². The van der Waals surface area contributed by atoms with Crippen LogP contribution in [0.25, 0.3) is 11.3 Å². The standard InChI is InChI=1S/C47H56N8O7/c1-61-47(60)52-41(35-12-6-3-7-13-35)45(58)54-24-8-14-38(54)42-48-30-37(50-42)33-18-16-31(17-19-33)32-20-22-36(23-21-32)49-43(56)39-15-9-25-55(39)44(57)40(34-10-4-2-5-11-34)51-46(59)53-26-28-62-29-27-53/h2-7,10-13,16-19,30,32,36,38-41H,8-9,14-15,20-29H2,1H3,(H,48,50)(H,49,56)(H,51,59)(H,52,60). The Labute approximate surface area is 361 Å². The zero-order chi connectivity index (χ0) is 43.0. The number of hydrogen-bond donors (Lipinski definition) is 4. The summed E-state index contributed by atoms with van der Waals surface area (Å²) in [6.07, 6.45) is 7.53. The van der Waals surface area contributed by atoms with Crippen molar-refractivity contribution in [2.75, 3.05) is 46.5 Å². The maximum absolute atomic E-state index is 14.1. The Kier molecular flexibility index (Phi) is 13.5. The summed E-state index contributed by atoms with van der Waals surface area (Å²) in [5.74, 6) is 0.446. The van der Waals surface area contributed by atoms with E-state index < -0.39 is 24.2 Å². The Balaban J connectivity index is 0.851. The molecule has 4 N–H and O–H groups in total. The van der Waals surface area contributed by atoms with Gasteiger partial charge in [0.25, 0.3) is 11.8 Å². The van der Waals surface area contributed by atoms with Gasteiger partial charge >= 0.3 is 12.1 Å². The predicted molar refractivity (Wildman–Crippen MR) is 230 cm³/mol. The minimum Gasteiger partial charge on any atom is -0.453 e. The summed E-state index contributed by atoms with van der Waals surface area (Å²) < 4.78 is 10.2. The number of methoxy groups -OCH3 is 1. The fourth-order valence-electron chi connectivity index (χ4n) is 9.43.